The maximum atomic E-state index is 12.1. The van der Waals surface area contributed by atoms with E-state index in [9.17, 15) is 29.6 Å². The Hall–Kier alpha value is -1.96. The van der Waals surface area contributed by atoms with Crippen molar-refractivity contribution in [1.82, 2.24) is 19.5 Å². The van der Waals surface area contributed by atoms with Crippen molar-refractivity contribution in [1.29, 1.82) is 0 Å². The molecule has 0 bridgehead atoms. The van der Waals surface area contributed by atoms with Crippen LogP contribution in [-0.2, 0) is 37.4 Å². The first-order valence-electron chi connectivity index (χ1n) is 11.3. The van der Waals surface area contributed by atoms with Gasteiger partial charge in [0.15, 0.2) is 23.8 Å². The molecule has 2 aromatic heterocycles. The second kappa shape index (κ2) is 14.4. The minimum atomic E-state index is -4.59. The van der Waals surface area contributed by atoms with E-state index in [2.05, 4.69) is 15.0 Å². The first-order chi connectivity index (χ1) is 18.1. The van der Waals surface area contributed by atoms with Gasteiger partial charge in [-0.3, -0.25) is 18.4 Å². The minimum Gasteiger partial charge on any atom is -0.857 e. The highest BCUT2D eigenvalue weighted by atomic mass is 32.2. The number of nitrogen functional groups attached to an aromatic ring is 1. The van der Waals surface area contributed by atoms with Crippen molar-refractivity contribution in [3.63, 3.8) is 0 Å². The Morgan fingerprint density at radius 3 is 2.55 bits per heavy atom. The van der Waals surface area contributed by atoms with Gasteiger partial charge in [0, 0.05) is 18.6 Å². The number of fused-ring (bicyclic) bond motifs is 1. The summed E-state index contributed by atoms with van der Waals surface area (Å²) < 4.78 is 44.0. The Kier molecular flexibility index (Phi) is 11.6. The quantitative estimate of drug-likeness (QED) is 0.100. The highest BCUT2D eigenvalue weighted by molar-refractivity contribution is 8.13. The number of aliphatic hydroxyl groups is 2. The lowest BCUT2D eigenvalue weighted by Crippen LogP contribution is -2.33. The Balaban J connectivity index is 1.34. The Morgan fingerprint density at radius 2 is 1.84 bits per heavy atom. The van der Waals surface area contributed by atoms with Crippen LogP contribution < -0.4 is 10.8 Å². The fourth-order valence-corrected chi connectivity index (χ4v) is 4.35. The molecule has 0 aliphatic carbocycles. The molecule has 5 atom stereocenters. The second-order valence-corrected chi connectivity index (χ2v) is 10.5. The summed E-state index contributed by atoms with van der Waals surface area (Å²) in [7, 11) is -4.59. The van der Waals surface area contributed by atoms with Crippen LogP contribution in [-0.4, -0.2) is 110 Å². The van der Waals surface area contributed by atoms with Crippen LogP contribution in [0.4, 0.5) is 5.95 Å². The van der Waals surface area contributed by atoms with Gasteiger partial charge >= 0.3 is 7.82 Å². The lowest BCUT2D eigenvalue weighted by Gasteiger charge is -2.18. The predicted octanol–water partition coefficient (Wildman–Crippen LogP) is -1.48. The third-order valence-corrected chi connectivity index (χ3v) is 6.68. The number of phosphoric ester groups is 1. The van der Waals surface area contributed by atoms with E-state index in [4.69, 9.17) is 33.7 Å². The normalized spacial score (nSPS) is 23.2. The van der Waals surface area contributed by atoms with E-state index in [0.29, 0.717) is 25.6 Å². The molecule has 0 radical (unpaired) electrons. The Morgan fingerprint density at radius 1 is 1.16 bits per heavy atom. The molecule has 0 amide bonds. The molecule has 1 aliphatic heterocycles. The zero-order chi connectivity index (χ0) is 27.7. The minimum absolute atomic E-state index is 0.0195. The predicted molar refractivity (Wildman–Crippen MR) is 128 cm³/mol. The van der Waals surface area contributed by atoms with Gasteiger partial charge in [0.05, 0.1) is 46.0 Å². The fourth-order valence-electron chi connectivity index (χ4n) is 3.24. The molecular formula is C19H29N5O12PS-. The van der Waals surface area contributed by atoms with Gasteiger partial charge in [0.1, 0.15) is 23.8 Å². The van der Waals surface area contributed by atoms with Gasteiger partial charge in [-0.1, -0.05) is 11.8 Å². The highest BCUT2D eigenvalue weighted by Crippen LogP contribution is 2.44. The SMILES string of the molecule is CC(=O)SCCOCCOCCOCOP(=O)(O)OC[C@H]1O[C@@H](n2cnc3c([O-])nc(N)nc32)[C@H](O)[C@@H]1O. The summed E-state index contributed by atoms with van der Waals surface area (Å²) in [6.07, 6.45) is -4.36. The molecule has 1 unspecified atom stereocenters. The van der Waals surface area contributed by atoms with Crippen molar-refractivity contribution >= 4 is 41.8 Å². The van der Waals surface area contributed by atoms with Gasteiger partial charge in [-0.15, -0.1) is 0 Å². The third kappa shape index (κ3) is 8.78. The fraction of sp³-hybridized carbons (Fsp3) is 0.684. The number of aromatic nitrogens is 4. The molecule has 17 nitrogen and oxygen atoms in total. The van der Waals surface area contributed by atoms with Crippen molar-refractivity contribution in [3.8, 4) is 5.88 Å². The van der Waals surface area contributed by atoms with Crippen LogP contribution in [0.3, 0.4) is 0 Å². The van der Waals surface area contributed by atoms with Gasteiger partial charge in [-0.2, -0.15) is 4.98 Å². The van der Waals surface area contributed by atoms with Gasteiger partial charge in [-0.25, -0.2) is 14.5 Å². The molecule has 214 valence electrons. The van der Waals surface area contributed by atoms with Crippen LogP contribution in [0.15, 0.2) is 6.33 Å². The number of nitrogens with zero attached hydrogens (tertiary/aromatic N) is 4. The largest absolute Gasteiger partial charge is 0.857 e. The van der Waals surface area contributed by atoms with Crippen molar-refractivity contribution in [2.45, 2.75) is 31.5 Å². The highest BCUT2D eigenvalue weighted by Gasteiger charge is 2.45. The summed E-state index contributed by atoms with van der Waals surface area (Å²) >= 11 is 1.18. The summed E-state index contributed by atoms with van der Waals surface area (Å²) in [5.41, 5.74) is 5.37. The molecule has 3 rings (SSSR count). The summed E-state index contributed by atoms with van der Waals surface area (Å²) in [6.45, 7) is 1.62. The van der Waals surface area contributed by atoms with Crippen LogP contribution in [0.25, 0.3) is 11.2 Å². The number of anilines is 1. The van der Waals surface area contributed by atoms with Crippen LogP contribution in [0, 0.1) is 0 Å². The molecular weight excluding hydrogens is 553 g/mol. The summed E-state index contributed by atoms with van der Waals surface area (Å²) in [4.78, 5) is 31.9. The number of nitrogens with two attached hydrogens (primary N) is 1. The van der Waals surface area contributed by atoms with Crippen molar-refractivity contribution < 1.29 is 57.6 Å². The van der Waals surface area contributed by atoms with Gasteiger partial charge in [0.25, 0.3) is 0 Å². The molecule has 2 aromatic rings. The standard InChI is InChI=1S/C19H30N5O12PS/c1-11(25)38-7-6-32-3-2-31-4-5-33-10-35-37(29,30)34-8-12-14(26)15(27)18(36-12)24-9-21-13-16(24)22-19(20)23-17(13)28/h9,12,14-15,18,26-27H,2-8,10H2,1H3,(H,29,30)(H3,20,22,23,28)/p-1/t12-,14-,15-,18-/m1/s1. The summed E-state index contributed by atoms with van der Waals surface area (Å²) in [5.74, 6) is -0.464. The molecule has 0 saturated carbocycles. The Bertz CT molecular complexity index is 1110. The first kappa shape index (κ1) is 30.6. The van der Waals surface area contributed by atoms with E-state index in [1.807, 2.05) is 0 Å². The first-order valence-corrected chi connectivity index (χ1v) is 13.7. The monoisotopic (exact) mass is 582 g/mol. The second-order valence-electron chi connectivity index (χ2n) is 7.74. The number of phosphoric acid groups is 1. The molecule has 1 saturated heterocycles. The van der Waals surface area contributed by atoms with Crippen LogP contribution in [0.1, 0.15) is 13.2 Å². The van der Waals surface area contributed by atoms with Gasteiger partial charge < -0.3 is 44.9 Å². The van der Waals surface area contributed by atoms with E-state index in [-0.39, 0.29) is 35.4 Å². The molecule has 19 heteroatoms. The average molecular weight is 583 g/mol. The van der Waals surface area contributed by atoms with Crippen molar-refractivity contribution in [2.75, 3.05) is 57.9 Å². The zero-order valence-corrected chi connectivity index (χ0v) is 22.0. The maximum Gasteiger partial charge on any atom is 0.474 e. The smallest absolute Gasteiger partial charge is 0.474 e. The third-order valence-electron chi connectivity index (χ3n) is 5.00. The van der Waals surface area contributed by atoms with E-state index < -0.39 is 51.6 Å². The number of hydrogen-bond donors (Lipinski definition) is 4. The van der Waals surface area contributed by atoms with Crippen LogP contribution in [0.5, 0.6) is 5.88 Å². The average Bonchev–Trinajstić information content (AvgIpc) is 3.39. The number of thioether (sulfide) groups is 1. The number of rotatable bonds is 16. The molecule has 5 N–H and O–H groups in total. The number of carbonyl (C=O) groups is 1. The van der Waals surface area contributed by atoms with Crippen molar-refractivity contribution in [2.24, 2.45) is 0 Å². The number of ether oxygens (including phenoxy) is 4. The summed E-state index contributed by atoms with van der Waals surface area (Å²) in [6, 6.07) is 0. The van der Waals surface area contributed by atoms with Gasteiger partial charge in [0.2, 0.25) is 5.95 Å². The molecule has 38 heavy (non-hydrogen) atoms. The van der Waals surface area contributed by atoms with E-state index in [0.717, 1.165) is 6.33 Å². The van der Waals surface area contributed by atoms with E-state index >= 15 is 0 Å². The molecule has 1 fully saturated rings. The zero-order valence-electron chi connectivity index (χ0n) is 20.3. The Labute approximate surface area is 220 Å². The van der Waals surface area contributed by atoms with Crippen LogP contribution >= 0.6 is 19.6 Å². The topological polar surface area (TPSA) is 243 Å². The molecule has 0 aromatic carbocycles. The number of aliphatic hydroxyl groups excluding tert-OH is 2. The maximum absolute atomic E-state index is 12.1. The molecule has 0 spiro atoms. The van der Waals surface area contributed by atoms with Crippen LogP contribution in [0.2, 0.25) is 0 Å². The molecule has 1 aliphatic rings. The van der Waals surface area contributed by atoms with Gasteiger partial charge in [-0.05, 0) is 0 Å². The van der Waals surface area contributed by atoms with E-state index in [1.165, 1.54) is 23.3 Å². The number of hydrogen-bond acceptors (Lipinski definition) is 16. The van der Waals surface area contributed by atoms with Crippen molar-refractivity contribution in [3.05, 3.63) is 6.33 Å². The lowest BCUT2D eigenvalue weighted by atomic mass is 10.1. The number of carbonyl (C=O) groups excluding carboxylic acids is 1. The number of imidazole rings is 1. The lowest BCUT2D eigenvalue weighted by molar-refractivity contribution is -0.272. The van der Waals surface area contributed by atoms with E-state index in [1.54, 1.807) is 0 Å². The molecule has 3 heterocycles. The summed E-state index contributed by atoms with van der Waals surface area (Å²) in [5, 5.41) is 32.7.